The van der Waals surface area contributed by atoms with Gasteiger partial charge in [0.05, 0.1) is 0 Å². The third-order valence-electron chi connectivity index (χ3n) is 4.26. The molecular formula is C22H30N4O3. The first-order chi connectivity index (χ1) is 13.8. The summed E-state index contributed by atoms with van der Waals surface area (Å²) in [6.45, 7) is 6.15. The van der Waals surface area contributed by atoms with Crippen LogP contribution in [0.1, 0.15) is 38.3 Å². The molecule has 0 fully saturated rings. The second-order valence-corrected chi connectivity index (χ2v) is 7.38. The fourth-order valence-corrected chi connectivity index (χ4v) is 2.71. The molecule has 2 aromatic rings. The average Bonchev–Trinajstić information content (AvgIpc) is 2.66. The van der Waals surface area contributed by atoms with Gasteiger partial charge in [-0.05, 0) is 69.0 Å². The van der Waals surface area contributed by atoms with Gasteiger partial charge in [0.1, 0.15) is 5.75 Å². The Hall–Kier alpha value is -3.22. The third-order valence-corrected chi connectivity index (χ3v) is 4.26. The number of amides is 4. The summed E-state index contributed by atoms with van der Waals surface area (Å²) in [5.41, 5.74) is 2.75. The van der Waals surface area contributed by atoms with E-state index in [1.165, 1.54) is 0 Å². The van der Waals surface area contributed by atoms with Crippen LogP contribution in [0.4, 0.5) is 15.3 Å². The quantitative estimate of drug-likeness (QED) is 0.468. The summed E-state index contributed by atoms with van der Waals surface area (Å²) < 4.78 is 0. The minimum absolute atomic E-state index is 0.0230. The lowest BCUT2D eigenvalue weighted by Gasteiger charge is -2.15. The van der Waals surface area contributed by atoms with Gasteiger partial charge in [-0.2, -0.15) is 0 Å². The highest BCUT2D eigenvalue weighted by Crippen LogP contribution is 2.12. The van der Waals surface area contributed by atoms with Crippen molar-refractivity contribution in [2.75, 3.05) is 5.32 Å². The van der Waals surface area contributed by atoms with Crippen molar-refractivity contribution in [3.63, 3.8) is 0 Å². The fraction of sp³-hybridized carbons (Fsp3) is 0.364. The molecule has 1 atom stereocenters. The van der Waals surface area contributed by atoms with Gasteiger partial charge >= 0.3 is 12.1 Å². The second-order valence-electron chi connectivity index (χ2n) is 7.38. The first-order valence-corrected chi connectivity index (χ1v) is 9.80. The SMILES string of the molecule is CC(C)NC(=O)Nc1ccc(CNC(=O)NC(C)CCc2ccc(O)cc2)cc1. The average molecular weight is 399 g/mol. The van der Waals surface area contributed by atoms with Crippen LogP contribution in [0.5, 0.6) is 5.75 Å². The number of hydrogen-bond acceptors (Lipinski definition) is 3. The number of anilines is 1. The topological polar surface area (TPSA) is 102 Å². The van der Waals surface area contributed by atoms with Crippen molar-refractivity contribution in [2.24, 2.45) is 0 Å². The van der Waals surface area contributed by atoms with Crippen LogP contribution in [0.2, 0.25) is 0 Å². The zero-order valence-corrected chi connectivity index (χ0v) is 17.2. The Bertz CT molecular complexity index is 789. The molecule has 0 spiro atoms. The van der Waals surface area contributed by atoms with Crippen molar-refractivity contribution in [3.05, 3.63) is 59.7 Å². The van der Waals surface area contributed by atoms with Crippen LogP contribution in [0.15, 0.2) is 48.5 Å². The molecule has 7 heteroatoms. The predicted octanol–water partition coefficient (Wildman–Crippen LogP) is 3.74. The van der Waals surface area contributed by atoms with Crippen molar-refractivity contribution in [1.82, 2.24) is 16.0 Å². The van der Waals surface area contributed by atoms with E-state index in [4.69, 9.17) is 0 Å². The molecular weight excluding hydrogens is 368 g/mol. The minimum Gasteiger partial charge on any atom is -0.508 e. The lowest BCUT2D eigenvalue weighted by Crippen LogP contribution is -2.40. The van der Waals surface area contributed by atoms with Crippen molar-refractivity contribution >= 4 is 17.7 Å². The summed E-state index contributed by atoms with van der Waals surface area (Å²) in [6, 6.07) is 14.0. The molecule has 0 saturated heterocycles. The highest BCUT2D eigenvalue weighted by molar-refractivity contribution is 5.89. The van der Waals surface area contributed by atoms with Gasteiger partial charge < -0.3 is 26.4 Å². The van der Waals surface area contributed by atoms with Crippen LogP contribution in [-0.4, -0.2) is 29.3 Å². The molecule has 0 bridgehead atoms. The third kappa shape index (κ3) is 8.55. The number of urea groups is 2. The van der Waals surface area contributed by atoms with Crippen molar-refractivity contribution in [2.45, 2.75) is 52.2 Å². The standard InChI is InChI=1S/C22H30N4O3/c1-15(2)24-22(29)26-19-10-6-18(7-11-19)14-23-21(28)25-16(3)4-5-17-8-12-20(27)13-9-17/h6-13,15-16,27H,4-5,14H2,1-3H3,(H2,23,25,28)(H2,24,26,29). The Morgan fingerprint density at radius 3 is 2.10 bits per heavy atom. The first-order valence-electron chi connectivity index (χ1n) is 9.80. The summed E-state index contributed by atoms with van der Waals surface area (Å²) in [5, 5.41) is 20.6. The molecule has 2 rings (SSSR count). The number of phenolic OH excluding ortho intramolecular Hbond substituents is 1. The Labute approximate surface area is 171 Å². The highest BCUT2D eigenvalue weighted by Gasteiger charge is 2.08. The van der Waals surface area contributed by atoms with Crippen molar-refractivity contribution in [1.29, 1.82) is 0 Å². The maximum absolute atomic E-state index is 12.1. The molecule has 0 radical (unpaired) electrons. The molecule has 4 amide bonds. The van der Waals surface area contributed by atoms with Gasteiger partial charge in [-0.15, -0.1) is 0 Å². The van der Waals surface area contributed by atoms with Crippen LogP contribution in [0.25, 0.3) is 0 Å². The number of rotatable bonds is 8. The van der Waals surface area contributed by atoms with Gasteiger partial charge in [-0.3, -0.25) is 0 Å². The van der Waals surface area contributed by atoms with E-state index in [0.717, 1.165) is 24.0 Å². The molecule has 0 aromatic heterocycles. The van der Waals surface area contributed by atoms with Crippen molar-refractivity contribution in [3.8, 4) is 5.75 Å². The molecule has 1 unspecified atom stereocenters. The number of carbonyl (C=O) groups is 2. The van der Waals surface area contributed by atoms with Gasteiger partial charge in [0.25, 0.3) is 0 Å². The van der Waals surface area contributed by atoms with E-state index in [-0.39, 0.29) is 29.9 Å². The summed E-state index contributed by atoms with van der Waals surface area (Å²) in [4.78, 5) is 23.8. The van der Waals surface area contributed by atoms with Crippen LogP contribution in [0.3, 0.4) is 0 Å². The molecule has 156 valence electrons. The Morgan fingerprint density at radius 1 is 0.862 bits per heavy atom. The summed E-state index contributed by atoms with van der Waals surface area (Å²) in [7, 11) is 0. The molecule has 0 aliphatic heterocycles. The van der Waals surface area contributed by atoms with E-state index in [9.17, 15) is 14.7 Å². The normalized spacial score (nSPS) is 11.6. The lowest BCUT2D eigenvalue weighted by molar-refractivity contribution is 0.236. The number of aryl methyl sites for hydroxylation is 1. The number of carbonyl (C=O) groups excluding carboxylic acids is 2. The Kier molecular flexibility index (Phi) is 8.33. The van der Waals surface area contributed by atoms with Gasteiger partial charge in [-0.1, -0.05) is 24.3 Å². The summed E-state index contributed by atoms with van der Waals surface area (Å²) >= 11 is 0. The molecule has 29 heavy (non-hydrogen) atoms. The van der Waals surface area contributed by atoms with Gasteiger partial charge in [-0.25, -0.2) is 9.59 Å². The van der Waals surface area contributed by atoms with E-state index in [2.05, 4.69) is 21.3 Å². The Balaban J connectivity index is 1.69. The van der Waals surface area contributed by atoms with Gasteiger partial charge in [0.2, 0.25) is 0 Å². The number of hydrogen-bond donors (Lipinski definition) is 5. The number of benzene rings is 2. The zero-order valence-electron chi connectivity index (χ0n) is 17.2. The highest BCUT2D eigenvalue weighted by atomic mass is 16.3. The number of aromatic hydroxyl groups is 1. The number of nitrogens with one attached hydrogen (secondary N) is 4. The zero-order chi connectivity index (χ0) is 21.2. The molecule has 0 aliphatic carbocycles. The van der Waals surface area contributed by atoms with Crippen LogP contribution < -0.4 is 21.3 Å². The van der Waals surface area contributed by atoms with Crippen LogP contribution in [0, 0.1) is 0 Å². The monoisotopic (exact) mass is 398 g/mol. The number of phenols is 1. The smallest absolute Gasteiger partial charge is 0.319 e. The van der Waals surface area contributed by atoms with Crippen LogP contribution >= 0.6 is 0 Å². The molecule has 2 aromatic carbocycles. The molecule has 5 N–H and O–H groups in total. The maximum Gasteiger partial charge on any atom is 0.319 e. The van der Waals surface area contributed by atoms with E-state index < -0.39 is 0 Å². The summed E-state index contributed by atoms with van der Waals surface area (Å²) in [5.74, 6) is 0.252. The van der Waals surface area contributed by atoms with Gasteiger partial charge in [0, 0.05) is 24.3 Å². The predicted molar refractivity (Wildman–Crippen MR) is 115 cm³/mol. The molecule has 0 saturated carbocycles. The van der Waals surface area contributed by atoms with E-state index in [1.807, 2.05) is 45.0 Å². The molecule has 7 nitrogen and oxygen atoms in total. The van der Waals surface area contributed by atoms with E-state index in [0.29, 0.717) is 12.2 Å². The fourth-order valence-electron chi connectivity index (χ4n) is 2.71. The second kappa shape index (κ2) is 10.9. The maximum atomic E-state index is 12.1. The largest absolute Gasteiger partial charge is 0.508 e. The van der Waals surface area contributed by atoms with Crippen molar-refractivity contribution < 1.29 is 14.7 Å². The van der Waals surface area contributed by atoms with Crippen LogP contribution in [-0.2, 0) is 13.0 Å². The van der Waals surface area contributed by atoms with E-state index >= 15 is 0 Å². The lowest BCUT2D eigenvalue weighted by atomic mass is 10.1. The minimum atomic E-state index is -0.244. The first kappa shape index (κ1) is 22.1. The molecule has 0 aliphatic rings. The molecule has 0 heterocycles. The van der Waals surface area contributed by atoms with E-state index in [1.54, 1.807) is 24.3 Å². The Morgan fingerprint density at radius 2 is 1.48 bits per heavy atom. The summed E-state index contributed by atoms with van der Waals surface area (Å²) in [6.07, 6.45) is 1.62. The van der Waals surface area contributed by atoms with Gasteiger partial charge in [0.15, 0.2) is 0 Å².